The van der Waals surface area contributed by atoms with E-state index in [4.69, 9.17) is 22.6 Å². The summed E-state index contributed by atoms with van der Waals surface area (Å²) in [5.41, 5.74) is 2.99. The third-order valence-corrected chi connectivity index (χ3v) is 1.31. The van der Waals surface area contributed by atoms with Gasteiger partial charge in [-0.1, -0.05) is 6.08 Å². The summed E-state index contributed by atoms with van der Waals surface area (Å²) in [4.78, 5) is 10.4. The van der Waals surface area contributed by atoms with Gasteiger partial charge < -0.3 is 5.11 Å². The van der Waals surface area contributed by atoms with Gasteiger partial charge >= 0.3 is 16.4 Å². The maximum Gasteiger partial charge on any atom is 0.394 e. The molecule has 0 rings (SSSR count). The number of carboxylic acid groups (broad SMARTS) is 1. The van der Waals surface area contributed by atoms with Crippen LogP contribution in [0.3, 0.4) is 0 Å². The molecule has 0 bridgehead atoms. The van der Waals surface area contributed by atoms with E-state index in [1.165, 1.54) is 0 Å². The largest absolute Gasteiger partial charge is 0.481 e. The van der Waals surface area contributed by atoms with Crippen LogP contribution in [0.5, 0.6) is 0 Å². The molecule has 0 amide bonds. The van der Waals surface area contributed by atoms with E-state index < -0.39 is 16.4 Å². The van der Waals surface area contributed by atoms with Crippen molar-refractivity contribution in [1.82, 2.24) is 10.4 Å². The first-order chi connectivity index (χ1) is 7.56. The van der Waals surface area contributed by atoms with Crippen molar-refractivity contribution >= 4 is 16.4 Å². The lowest BCUT2D eigenvalue weighted by Gasteiger charge is -2.20. The van der Waals surface area contributed by atoms with E-state index in [2.05, 4.69) is 12.0 Å². The van der Waals surface area contributed by atoms with E-state index in [0.29, 0.717) is 6.42 Å². The molecular formula is C8H18N2O6S. The monoisotopic (exact) mass is 270 g/mol. The minimum Gasteiger partial charge on any atom is -0.481 e. The Kier molecular flexibility index (Phi) is 9.80. The standard InChI is InChI=1S/C8H16N2O2.H2O4S/c1-4-5-7(6-8(11)12)9-10(2)3;1-5(2,3)4/h4,7,9H,1,5-6H2,2-3H3,(H,11,12);(H2,1,2,3,4). The molecule has 1 atom stereocenters. The van der Waals surface area contributed by atoms with Gasteiger partial charge in [0.05, 0.1) is 6.42 Å². The fourth-order valence-electron chi connectivity index (χ4n) is 0.959. The molecule has 0 aromatic heterocycles. The van der Waals surface area contributed by atoms with Crippen LogP contribution in [0.15, 0.2) is 12.7 Å². The summed E-state index contributed by atoms with van der Waals surface area (Å²) in [7, 11) is -1.00. The van der Waals surface area contributed by atoms with Gasteiger partial charge in [-0.3, -0.25) is 24.3 Å². The van der Waals surface area contributed by atoms with E-state index in [9.17, 15) is 4.79 Å². The number of hydrazine groups is 1. The SMILES string of the molecule is C=CCC(CC(=O)O)NN(C)C.O=S(=O)(O)O. The van der Waals surface area contributed by atoms with Crippen molar-refractivity contribution in [3.05, 3.63) is 12.7 Å². The van der Waals surface area contributed by atoms with Gasteiger partial charge in [-0.25, -0.2) is 0 Å². The lowest BCUT2D eigenvalue weighted by Crippen LogP contribution is -2.40. The summed E-state index contributed by atoms with van der Waals surface area (Å²) < 4.78 is 31.6. The molecule has 0 aliphatic heterocycles. The Hall–Kier alpha value is -1.00. The van der Waals surface area contributed by atoms with Crippen LogP contribution in [0.2, 0.25) is 0 Å². The molecule has 17 heavy (non-hydrogen) atoms. The zero-order valence-electron chi connectivity index (χ0n) is 9.70. The van der Waals surface area contributed by atoms with Gasteiger partial charge in [0.1, 0.15) is 0 Å². The summed E-state index contributed by atoms with van der Waals surface area (Å²) in [5.74, 6) is -0.795. The number of carbonyl (C=O) groups is 1. The molecule has 1 unspecified atom stereocenters. The van der Waals surface area contributed by atoms with Crippen LogP contribution in [-0.2, 0) is 15.2 Å². The van der Waals surface area contributed by atoms with Crippen molar-refractivity contribution in [2.75, 3.05) is 14.1 Å². The fraction of sp³-hybridized carbons (Fsp3) is 0.625. The molecule has 0 aliphatic rings. The first kappa shape index (κ1) is 18.4. The molecular weight excluding hydrogens is 252 g/mol. The predicted molar refractivity (Wildman–Crippen MR) is 61.9 cm³/mol. The summed E-state index contributed by atoms with van der Waals surface area (Å²) >= 11 is 0. The Morgan fingerprint density at radius 2 is 1.88 bits per heavy atom. The molecule has 0 spiro atoms. The molecule has 0 fully saturated rings. The van der Waals surface area contributed by atoms with E-state index in [1.54, 1.807) is 11.1 Å². The van der Waals surface area contributed by atoms with Gasteiger partial charge in [-0.2, -0.15) is 8.42 Å². The molecule has 8 nitrogen and oxygen atoms in total. The highest BCUT2D eigenvalue weighted by Crippen LogP contribution is 1.98. The number of carboxylic acids is 1. The lowest BCUT2D eigenvalue weighted by atomic mass is 10.1. The summed E-state index contributed by atoms with van der Waals surface area (Å²) in [6.07, 6.45) is 2.48. The van der Waals surface area contributed by atoms with Crippen molar-refractivity contribution in [3.63, 3.8) is 0 Å². The second-order valence-electron chi connectivity index (χ2n) is 3.29. The first-order valence-electron chi connectivity index (χ1n) is 4.52. The Morgan fingerprint density at radius 3 is 2.12 bits per heavy atom. The minimum absolute atomic E-state index is 0.0602. The van der Waals surface area contributed by atoms with Crippen LogP contribution in [0.1, 0.15) is 12.8 Å². The molecule has 9 heteroatoms. The van der Waals surface area contributed by atoms with Gasteiger partial charge in [0.2, 0.25) is 0 Å². The van der Waals surface area contributed by atoms with Crippen molar-refractivity contribution in [1.29, 1.82) is 0 Å². The van der Waals surface area contributed by atoms with Gasteiger partial charge in [-0.05, 0) is 6.42 Å². The number of hydrogen-bond acceptors (Lipinski definition) is 5. The van der Waals surface area contributed by atoms with E-state index in [-0.39, 0.29) is 12.5 Å². The van der Waals surface area contributed by atoms with Crippen LogP contribution in [0.25, 0.3) is 0 Å². The van der Waals surface area contributed by atoms with Crippen molar-refractivity contribution < 1.29 is 27.4 Å². The third kappa shape index (κ3) is 25.4. The van der Waals surface area contributed by atoms with Gasteiger partial charge in [-0.15, -0.1) is 6.58 Å². The molecule has 0 aliphatic carbocycles. The Balaban J connectivity index is 0. The first-order valence-corrected chi connectivity index (χ1v) is 5.92. The van der Waals surface area contributed by atoms with Gasteiger partial charge in [0, 0.05) is 20.1 Å². The molecule has 0 saturated carbocycles. The molecule has 4 N–H and O–H groups in total. The Morgan fingerprint density at radius 1 is 1.47 bits per heavy atom. The third-order valence-electron chi connectivity index (χ3n) is 1.31. The molecule has 102 valence electrons. The van der Waals surface area contributed by atoms with E-state index in [0.717, 1.165) is 0 Å². The van der Waals surface area contributed by atoms with Crippen LogP contribution in [0, 0.1) is 0 Å². The van der Waals surface area contributed by atoms with E-state index >= 15 is 0 Å². The maximum absolute atomic E-state index is 10.4. The molecule has 0 aromatic rings. The summed E-state index contributed by atoms with van der Waals surface area (Å²) in [5, 5.41) is 10.3. The maximum atomic E-state index is 10.4. The highest BCUT2D eigenvalue weighted by molar-refractivity contribution is 7.79. The highest BCUT2D eigenvalue weighted by atomic mass is 32.3. The number of nitrogens with zero attached hydrogens (tertiary/aromatic N) is 1. The van der Waals surface area contributed by atoms with Crippen molar-refractivity contribution in [2.24, 2.45) is 0 Å². The van der Waals surface area contributed by atoms with Gasteiger partial charge in [0.25, 0.3) is 0 Å². The van der Waals surface area contributed by atoms with E-state index in [1.807, 2.05) is 14.1 Å². The summed E-state index contributed by atoms with van der Waals surface area (Å²) in [6.45, 7) is 3.56. The van der Waals surface area contributed by atoms with Crippen LogP contribution in [-0.4, -0.2) is 53.7 Å². The fourth-order valence-corrected chi connectivity index (χ4v) is 0.959. The predicted octanol–water partition coefficient (Wildman–Crippen LogP) is -0.181. The number of nitrogens with one attached hydrogen (secondary N) is 1. The molecule has 0 heterocycles. The molecule has 0 saturated heterocycles. The van der Waals surface area contributed by atoms with Crippen molar-refractivity contribution in [3.8, 4) is 0 Å². The second kappa shape index (κ2) is 9.07. The van der Waals surface area contributed by atoms with Crippen LogP contribution >= 0.6 is 0 Å². The smallest absolute Gasteiger partial charge is 0.394 e. The Labute approximate surface area is 100 Å². The molecule has 0 aromatic carbocycles. The highest BCUT2D eigenvalue weighted by Gasteiger charge is 2.11. The Bertz CT molecular complexity index is 319. The topological polar surface area (TPSA) is 127 Å². The number of hydrogen-bond donors (Lipinski definition) is 4. The zero-order valence-corrected chi connectivity index (χ0v) is 10.5. The average molecular weight is 270 g/mol. The van der Waals surface area contributed by atoms with Crippen LogP contribution in [0.4, 0.5) is 0 Å². The quantitative estimate of drug-likeness (QED) is 0.297. The normalized spacial score (nSPS) is 12.5. The minimum atomic E-state index is -4.67. The lowest BCUT2D eigenvalue weighted by molar-refractivity contribution is -0.137. The van der Waals surface area contributed by atoms with Gasteiger partial charge in [0.15, 0.2) is 0 Å². The summed E-state index contributed by atoms with van der Waals surface area (Å²) in [6, 6.07) is -0.0602. The zero-order chi connectivity index (χ0) is 14.1. The number of rotatable bonds is 6. The molecule has 0 radical (unpaired) electrons. The van der Waals surface area contributed by atoms with Crippen molar-refractivity contribution in [2.45, 2.75) is 18.9 Å². The van der Waals surface area contributed by atoms with Crippen LogP contribution < -0.4 is 5.43 Å². The average Bonchev–Trinajstić information content (AvgIpc) is 1.97. The number of aliphatic carboxylic acids is 1. The second-order valence-corrected chi connectivity index (χ2v) is 4.19.